The molecule has 7 N–H and O–H groups in total. The van der Waals surface area contributed by atoms with Crippen LogP contribution >= 0.6 is 0 Å². The van der Waals surface area contributed by atoms with Crippen LogP contribution in [-0.4, -0.2) is 44.6 Å². The molecule has 0 atom stereocenters. The summed E-state index contributed by atoms with van der Waals surface area (Å²) in [7, 11) is 0. The molecule has 0 radical (unpaired) electrons. The smallest absolute Gasteiger partial charge is 0.475 e. The zero-order valence-corrected chi connectivity index (χ0v) is 26.3. The molecule has 4 rings (SSSR count). The average Bonchev–Trinajstić information content (AvgIpc) is 3.04. The molecule has 0 saturated heterocycles. The molecular formula is C32H31F6N7O5. The number of oxime groups is 1. The number of para-hydroxylation sites is 1. The Morgan fingerprint density at radius 1 is 1.00 bits per heavy atom. The van der Waals surface area contributed by atoms with Gasteiger partial charge in [-0.2, -0.15) is 26.3 Å². The van der Waals surface area contributed by atoms with Gasteiger partial charge in [0.15, 0.2) is 17.4 Å². The van der Waals surface area contributed by atoms with Gasteiger partial charge in [-0.15, -0.1) is 0 Å². The summed E-state index contributed by atoms with van der Waals surface area (Å²) < 4.78 is 73.2. The van der Waals surface area contributed by atoms with Crippen molar-refractivity contribution in [2.75, 3.05) is 11.1 Å². The first-order valence-electron chi connectivity index (χ1n) is 14.4. The van der Waals surface area contributed by atoms with E-state index >= 15 is 0 Å². The lowest BCUT2D eigenvalue weighted by Gasteiger charge is -2.17. The first-order chi connectivity index (χ1) is 23.3. The molecule has 0 aliphatic rings. The zero-order chi connectivity index (χ0) is 37.2. The van der Waals surface area contributed by atoms with Crippen molar-refractivity contribution in [3.05, 3.63) is 106 Å². The highest BCUT2D eigenvalue weighted by Gasteiger charge is 2.38. The molecule has 50 heavy (non-hydrogen) atoms. The number of nitrogen functional groups attached to an aromatic ring is 1. The lowest BCUT2D eigenvalue weighted by atomic mass is 10.1. The number of halogens is 6. The van der Waals surface area contributed by atoms with E-state index < -0.39 is 41.9 Å². The number of aromatic nitrogens is 2. The number of benzene rings is 3. The summed E-state index contributed by atoms with van der Waals surface area (Å²) >= 11 is 0. The number of hydrogen-bond acceptors (Lipinski definition) is 8. The van der Waals surface area contributed by atoms with Gasteiger partial charge in [0.25, 0.3) is 5.56 Å². The molecule has 266 valence electrons. The molecule has 0 saturated carbocycles. The van der Waals surface area contributed by atoms with Crippen molar-refractivity contribution < 1.29 is 45.9 Å². The third-order valence-corrected chi connectivity index (χ3v) is 6.33. The van der Waals surface area contributed by atoms with Gasteiger partial charge in [0.1, 0.15) is 6.54 Å². The molecular weight excluding hydrogens is 676 g/mol. The van der Waals surface area contributed by atoms with E-state index in [-0.39, 0.29) is 41.2 Å². The largest absolute Gasteiger partial charge is 0.490 e. The molecule has 0 spiro atoms. The van der Waals surface area contributed by atoms with Crippen molar-refractivity contribution in [3.8, 4) is 17.0 Å². The molecule has 1 aromatic heterocycles. The fraction of sp³-hybridized carbons (Fsp3) is 0.219. The van der Waals surface area contributed by atoms with Gasteiger partial charge < -0.3 is 32.0 Å². The third kappa shape index (κ3) is 11.3. The number of nitrogens with zero attached hydrogens (tertiary/aromatic N) is 3. The Bertz CT molecular complexity index is 1880. The van der Waals surface area contributed by atoms with E-state index in [0.717, 1.165) is 22.3 Å². The molecule has 0 fully saturated rings. The number of carboxylic acids is 1. The molecule has 0 unspecified atom stereocenters. The number of amides is 1. The van der Waals surface area contributed by atoms with Gasteiger partial charge >= 0.3 is 18.3 Å². The maximum absolute atomic E-state index is 13.5. The molecule has 0 bridgehead atoms. The number of alkyl halides is 6. The minimum Gasteiger partial charge on any atom is -0.475 e. The normalized spacial score (nSPS) is 11.7. The minimum absolute atomic E-state index is 0.00379. The van der Waals surface area contributed by atoms with Crippen LogP contribution in [0.3, 0.4) is 0 Å². The second-order valence-corrected chi connectivity index (χ2v) is 10.7. The maximum atomic E-state index is 13.5. The third-order valence-electron chi connectivity index (χ3n) is 6.33. The number of nitrogens with two attached hydrogens (primary N) is 2. The van der Waals surface area contributed by atoms with Crippen LogP contribution in [0.1, 0.15) is 30.5 Å². The van der Waals surface area contributed by atoms with Crippen LogP contribution in [0.15, 0.2) is 88.9 Å². The summed E-state index contributed by atoms with van der Waals surface area (Å²) in [6.07, 6.45) is -8.51. The number of carbonyl (C=O) groups excluding carboxylic acids is 1. The Morgan fingerprint density at radius 2 is 1.62 bits per heavy atom. The molecule has 0 aliphatic carbocycles. The fourth-order valence-corrected chi connectivity index (χ4v) is 4.04. The monoisotopic (exact) mass is 707 g/mol. The van der Waals surface area contributed by atoms with Gasteiger partial charge in [-0.1, -0.05) is 47.6 Å². The first-order valence-corrected chi connectivity index (χ1v) is 14.4. The van der Waals surface area contributed by atoms with Crippen LogP contribution in [0.25, 0.3) is 11.3 Å². The quantitative estimate of drug-likeness (QED) is 0.0498. The standard InChI is InChI=1S/C30H30F3N7O3.C2HF3O2/c1-18(2)38-28-29(42)40(25(16-37-28)21-12-22(30(31,32)33)14-23(34)13-21)17-26(41)36-15-19-8-10-20(11-9-19)27(35)39-43-24-6-4-3-5-7-24;3-2(4,5)1(6)7/h3-14,16,18H,15,17,34H2,1-2H3,(H2,35,39)(H,36,41)(H,37,38);(H,6,7). The van der Waals surface area contributed by atoms with Crippen LogP contribution in [-0.2, 0) is 28.9 Å². The predicted molar refractivity (Wildman–Crippen MR) is 172 cm³/mol. The average molecular weight is 708 g/mol. The summed E-state index contributed by atoms with van der Waals surface area (Å²) in [5, 5.41) is 16.7. The van der Waals surface area contributed by atoms with Gasteiger partial charge in [0.05, 0.1) is 17.5 Å². The number of nitrogens with one attached hydrogen (secondary N) is 2. The van der Waals surface area contributed by atoms with Crippen molar-refractivity contribution in [1.82, 2.24) is 14.9 Å². The SMILES string of the molecule is CC(C)Nc1ncc(-c2cc(N)cc(C(F)(F)F)c2)n(CC(=O)NCc2ccc(/C(N)=N/Oc3ccccc3)cc2)c1=O.O=C(O)C(F)(F)F. The van der Waals surface area contributed by atoms with Crippen molar-refractivity contribution >= 4 is 29.2 Å². The van der Waals surface area contributed by atoms with Crippen molar-refractivity contribution in [3.63, 3.8) is 0 Å². The Balaban J connectivity index is 0.000000872. The lowest BCUT2D eigenvalue weighted by Crippen LogP contribution is -2.35. The topological polar surface area (TPSA) is 187 Å². The summed E-state index contributed by atoms with van der Waals surface area (Å²) in [4.78, 5) is 44.6. The molecule has 3 aromatic carbocycles. The van der Waals surface area contributed by atoms with Crippen LogP contribution in [0, 0.1) is 0 Å². The Kier molecular flexibility index (Phi) is 12.6. The van der Waals surface area contributed by atoms with Gasteiger partial charge in [-0.05, 0) is 49.7 Å². The van der Waals surface area contributed by atoms with Crippen LogP contribution in [0.5, 0.6) is 5.75 Å². The van der Waals surface area contributed by atoms with E-state index in [9.17, 15) is 35.9 Å². The van der Waals surface area contributed by atoms with E-state index in [4.69, 9.17) is 26.2 Å². The molecule has 18 heteroatoms. The number of carboxylic acid groups (broad SMARTS) is 1. The van der Waals surface area contributed by atoms with Gasteiger partial charge in [-0.3, -0.25) is 14.2 Å². The summed E-state index contributed by atoms with van der Waals surface area (Å²) in [6, 6.07) is 18.6. The van der Waals surface area contributed by atoms with Crippen LogP contribution in [0.4, 0.5) is 37.8 Å². The van der Waals surface area contributed by atoms with Gasteiger partial charge in [0.2, 0.25) is 5.91 Å². The highest BCUT2D eigenvalue weighted by Crippen LogP contribution is 2.34. The Hall–Kier alpha value is -6.07. The number of anilines is 2. The van der Waals surface area contributed by atoms with Crippen molar-refractivity contribution in [1.29, 1.82) is 0 Å². The molecule has 0 aliphatic heterocycles. The lowest BCUT2D eigenvalue weighted by molar-refractivity contribution is -0.192. The summed E-state index contributed by atoms with van der Waals surface area (Å²) in [5.74, 6) is -2.66. The second kappa shape index (κ2) is 16.4. The fourth-order valence-electron chi connectivity index (χ4n) is 4.04. The van der Waals surface area contributed by atoms with Crippen LogP contribution < -0.4 is 32.5 Å². The number of carbonyl (C=O) groups is 2. The van der Waals surface area contributed by atoms with Gasteiger partial charge in [-0.25, -0.2) is 9.78 Å². The summed E-state index contributed by atoms with van der Waals surface area (Å²) in [5.41, 5.74) is 11.3. The van der Waals surface area contributed by atoms with E-state index in [0.29, 0.717) is 11.3 Å². The van der Waals surface area contributed by atoms with E-state index in [1.807, 2.05) is 6.07 Å². The van der Waals surface area contributed by atoms with Crippen LogP contribution in [0.2, 0.25) is 0 Å². The number of rotatable bonds is 10. The maximum Gasteiger partial charge on any atom is 0.490 e. The van der Waals surface area contributed by atoms with E-state index in [1.165, 1.54) is 12.3 Å². The first kappa shape index (κ1) is 38.4. The predicted octanol–water partition coefficient (Wildman–Crippen LogP) is 4.98. The number of amidine groups is 1. The second-order valence-electron chi connectivity index (χ2n) is 10.7. The molecule has 1 amide bonds. The minimum atomic E-state index is -5.08. The number of hydrogen-bond donors (Lipinski definition) is 5. The van der Waals surface area contributed by atoms with E-state index in [1.54, 1.807) is 62.4 Å². The highest BCUT2D eigenvalue weighted by atomic mass is 19.4. The molecule has 12 nitrogen and oxygen atoms in total. The van der Waals surface area contributed by atoms with E-state index in [2.05, 4.69) is 20.8 Å². The van der Waals surface area contributed by atoms with Crippen molar-refractivity contribution in [2.45, 2.75) is 45.3 Å². The molecule has 4 aromatic rings. The number of aliphatic carboxylic acids is 1. The Morgan fingerprint density at radius 3 is 2.18 bits per heavy atom. The highest BCUT2D eigenvalue weighted by molar-refractivity contribution is 5.97. The van der Waals surface area contributed by atoms with Gasteiger partial charge in [0, 0.05) is 29.4 Å². The zero-order valence-electron chi connectivity index (χ0n) is 26.3. The Labute approximate surface area is 280 Å². The van der Waals surface area contributed by atoms with Crippen molar-refractivity contribution in [2.24, 2.45) is 10.9 Å². The summed E-state index contributed by atoms with van der Waals surface area (Å²) in [6.45, 7) is 3.22. The molecule has 1 heterocycles.